The van der Waals surface area contributed by atoms with Crippen LogP contribution in [0.15, 0.2) is 35.6 Å². The van der Waals surface area contributed by atoms with Crippen LogP contribution in [0.5, 0.6) is 0 Å². The maximum atomic E-state index is 5.23. The summed E-state index contributed by atoms with van der Waals surface area (Å²) in [5.74, 6) is 0. The van der Waals surface area contributed by atoms with Gasteiger partial charge in [0.2, 0.25) is 0 Å². The van der Waals surface area contributed by atoms with Crippen molar-refractivity contribution in [2.45, 2.75) is 6.92 Å². The highest BCUT2D eigenvalue weighted by molar-refractivity contribution is 5.87. The lowest BCUT2D eigenvalue weighted by Crippen LogP contribution is -1.82. The molecular weight excluding hydrogens is 174 g/mol. The van der Waals surface area contributed by atoms with Crippen LogP contribution in [0.2, 0.25) is 0 Å². The van der Waals surface area contributed by atoms with Gasteiger partial charge in [-0.05, 0) is 18.6 Å². The number of allylic oxidation sites excluding steroid dienone is 1. The van der Waals surface area contributed by atoms with E-state index in [9.17, 15) is 0 Å². The molecule has 0 aliphatic carbocycles. The topological polar surface area (TPSA) is 26.0 Å². The van der Waals surface area contributed by atoms with Crippen molar-refractivity contribution in [2.75, 3.05) is 0 Å². The summed E-state index contributed by atoms with van der Waals surface area (Å²) < 4.78 is 5.23. The predicted octanol–water partition coefficient (Wildman–Crippen LogP) is 3.50. The van der Waals surface area contributed by atoms with Gasteiger partial charge < -0.3 is 4.42 Å². The van der Waals surface area contributed by atoms with Crippen molar-refractivity contribution >= 4 is 23.3 Å². The van der Waals surface area contributed by atoms with E-state index in [1.807, 2.05) is 37.3 Å². The van der Waals surface area contributed by atoms with E-state index in [0.717, 1.165) is 22.2 Å². The molecule has 0 aliphatic rings. The van der Waals surface area contributed by atoms with Crippen LogP contribution >= 0.6 is 0 Å². The molecule has 1 aromatic carbocycles. The molecule has 0 saturated carbocycles. The second-order valence-corrected chi connectivity index (χ2v) is 2.97. The molecule has 70 valence electrons. The minimum absolute atomic E-state index is 0.809. The highest BCUT2D eigenvalue weighted by atomic mass is 16.3. The minimum Gasteiger partial charge on any atom is -0.443 e. The van der Waals surface area contributed by atoms with Crippen molar-refractivity contribution in [1.82, 2.24) is 4.98 Å². The van der Waals surface area contributed by atoms with Crippen LogP contribution in [0.4, 0.5) is 0 Å². The van der Waals surface area contributed by atoms with E-state index >= 15 is 0 Å². The molecule has 0 saturated heterocycles. The maximum Gasteiger partial charge on any atom is 0.182 e. The van der Waals surface area contributed by atoms with Gasteiger partial charge in [-0.3, -0.25) is 0 Å². The van der Waals surface area contributed by atoms with Gasteiger partial charge in [-0.15, -0.1) is 0 Å². The van der Waals surface area contributed by atoms with Crippen LogP contribution in [0.1, 0.15) is 18.1 Å². The molecule has 0 fully saturated rings. The quantitative estimate of drug-likeness (QED) is 0.715. The smallest absolute Gasteiger partial charge is 0.182 e. The maximum absolute atomic E-state index is 5.23. The molecule has 0 radical (unpaired) electrons. The third-order valence-corrected chi connectivity index (χ3v) is 2.13. The Balaban J connectivity index is 2.81. The van der Waals surface area contributed by atoms with E-state index in [1.165, 1.54) is 6.39 Å². The number of nitrogens with zero attached hydrogens (tertiary/aromatic N) is 1. The zero-order valence-electron chi connectivity index (χ0n) is 8.03. The first-order valence-electron chi connectivity index (χ1n) is 4.48. The fourth-order valence-electron chi connectivity index (χ4n) is 1.49. The molecule has 2 rings (SSSR count). The average Bonchev–Trinajstić information content (AvgIpc) is 2.67. The van der Waals surface area contributed by atoms with Gasteiger partial charge in [0, 0.05) is 5.56 Å². The summed E-state index contributed by atoms with van der Waals surface area (Å²) >= 11 is 0. The second-order valence-electron chi connectivity index (χ2n) is 2.97. The van der Waals surface area contributed by atoms with Gasteiger partial charge >= 0.3 is 0 Å². The number of oxazole rings is 1. The van der Waals surface area contributed by atoms with Gasteiger partial charge in [0.15, 0.2) is 12.0 Å². The molecule has 1 heterocycles. The van der Waals surface area contributed by atoms with Gasteiger partial charge in [-0.1, -0.05) is 30.9 Å². The lowest BCUT2D eigenvalue weighted by molar-refractivity contribution is 0.602. The summed E-state index contributed by atoms with van der Waals surface area (Å²) in [4.78, 5) is 4.18. The Morgan fingerprint density at radius 2 is 2.29 bits per heavy atom. The first-order chi connectivity index (χ1) is 6.86. The number of hydrogen-bond donors (Lipinski definition) is 0. The first-order valence-corrected chi connectivity index (χ1v) is 4.48. The molecule has 0 N–H and O–H groups in total. The molecule has 0 bridgehead atoms. The Morgan fingerprint density at radius 3 is 3.00 bits per heavy atom. The van der Waals surface area contributed by atoms with Crippen molar-refractivity contribution in [2.24, 2.45) is 0 Å². The highest BCUT2D eigenvalue weighted by Crippen LogP contribution is 2.23. The SMILES string of the molecule is C=Cc1ccc2ocnc2c1/C=C\C. The summed E-state index contributed by atoms with van der Waals surface area (Å²) in [5, 5.41) is 0. The van der Waals surface area contributed by atoms with Crippen molar-refractivity contribution in [3.8, 4) is 0 Å². The first kappa shape index (κ1) is 8.75. The number of fused-ring (bicyclic) bond motifs is 1. The third kappa shape index (κ3) is 1.25. The normalized spacial score (nSPS) is 11.2. The summed E-state index contributed by atoms with van der Waals surface area (Å²) in [7, 11) is 0. The van der Waals surface area contributed by atoms with Crippen molar-refractivity contribution in [3.63, 3.8) is 0 Å². The fraction of sp³-hybridized carbons (Fsp3) is 0.0833. The molecule has 14 heavy (non-hydrogen) atoms. The van der Waals surface area contributed by atoms with Crippen LogP contribution < -0.4 is 0 Å². The van der Waals surface area contributed by atoms with Crippen molar-refractivity contribution in [1.29, 1.82) is 0 Å². The van der Waals surface area contributed by atoms with Gasteiger partial charge in [0.05, 0.1) is 0 Å². The summed E-state index contributed by atoms with van der Waals surface area (Å²) in [6.07, 6.45) is 7.28. The molecule has 0 amide bonds. The fourth-order valence-corrected chi connectivity index (χ4v) is 1.49. The van der Waals surface area contributed by atoms with Gasteiger partial charge in [-0.25, -0.2) is 4.98 Å². The number of rotatable bonds is 2. The van der Waals surface area contributed by atoms with Crippen LogP contribution in [-0.2, 0) is 0 Å². The van der Waals surface area contributed by atoms with Crippen molar-refractivity contribution in [3.05, 3.63) is 42.3 Å². The van der Waals surface area contributed by atoms with E-state index in [0.29, 0.717) is 0 Å². The predicted molar refractivity (Wildman–Crippen MR) is 58.8 cm³/mol. The molecular formula is C12H11NO. The van der Waals surface area contributed by atoms with Crippen LogP contribution in [0, 0.1) is 0 Å². The summed E-state index contributed by atoms with van der Waals surface area (Å²) in [6, 6.07) is 3.89. The molecule has 2 nitrogen and oxygen atoms in total. The highest BCUT2D eigenvalue weighted by Gasteiger charge is 2.05. The summed E-state index contributed by atoms with van der Waals surface area (Å²) in [6.45, 7) is 5.75. The van der Waals surface area contributed by atoms with Crippen molar-refractivity contribution < 1.29 is 4.42 Å². The van der Waals surface area contributed by atoms with Crippen LogP contribution in [-0.4, -0.2) is 4.98 Å². The molecule has 0 unspecified atom stereocenters. The standard InChI is InChI=1S/C12H11NO/c1-3-5-10-9(4-2)6-7-11-12(10)13-8-14-11/h3-8H,2H2,1H3/b5-3-. The average molecular weight is 185 g/mol. The van der Waals surface area contributed by atoms with E-state index in [1.54, 1.807) is 0 Å². The van der Waals surface area contributed by atoms with E-state index < -0.39 is 0 Å². The van der Waals surface area contributed by atoms with E-state index in [2.05, 4.69) is 11.6 Å². The third-order valence-electron chi connectivity index (χ3n) is 2.13. The van der Waals surface area contributed by atoms with Crippen LogP contribution in [0.25, 0.3) is 23.3 Å². The molecule has 0 atom stereocenters. The largest absolute Gasteiger partial charge is 0.443 e. The number of aromatic nitrogens is 1. The monoisotopic (exact) mass is 185 g/mol. The molecule has 2 aromatic rings. The minimum atomic E-state index is 0.809. The second kappa shape index (κ2) is 3.50. The molecule has 1 aromatic heterocycles. The summed E-state index contributed by atoms with van der Waals surface area (Å²) in [5.41, 5.74) is 3.84. The molecule has 0 aliphatic heterocycles. The molecule has 2 heteroatoms. The van der Waals surface area contributed by atoms with E-state index in [4.69, 9.17) is 4.42 Å². The van der Waals surface area contributed by atoms with Crippen LogP contribution in [0.3, 0.4) is 0 Å². The Morgan fingerprint density at radius 1 is 1.43 bits per heavy atom. The Kier molecular flexibility index (Phi) is 2.19. The lowest BCUT2D eigenvalue weighted by atomic mass is 10.1. The van der Waals surface area contributed by atoms with Gasteiger partial charge in [0.25, 0.3) is 0 Å². The Bertz CT molecular complexity index is 494. The van der Waals surface area contributed by atoms with Gasteiger partial charge in [0.1, 0.15) is 5.52 Å². The number of benzene rings is 1. The lowest BCUT2D eigenvalue weighted by Gasteiger charge is -2.00. The Hall–Kier alpha value is -1.83. The zero-order chi connectivity index (χ0) is 9.97. The Labute approximate surface area is 82.6 Å². The molecule has 0 spiro atoms. The zero-order valence-corrected chi connectivity index (χ0v) is 8.03. The van der Waals surface area contributed by atoms with E-state index in [-0.39, 0.29) is 0 Å². The number of hydrogen-bond acceptors (Lipinski definition) is 2. The van der Waals surface area contributed by atoms with Gasteiger partial charge in [-0.2, -0.15) is 0 Å².